The van der Waals surface area contributed by atoms with Crippen LogP contribution in [0.4, 0.5) is 48.3 Å². The molecule has 0 aromatic carbocycles. The lowest BCUT2D eigenvalue weighted by molar-refractivity contribution is -0.485. The van der Waals surface area contributed by atoms with Crippen molar-refractivity contribution in [3.8, 4) is 0 Å². The average Bonchev–Trinajstić information content (AvgIpc) is 2.57. The van der Waals surface area contributed by atoms with Crippen molar-refractivity contribution in [3.63, 3.8) is 0 Å². The minimum atomic E-state index is -7.93. The standard InChI is InChI=1S/C11H8F11NO6S2/c1-4(2)5(24)29-10(21)6(13,14)8(17,18)11(22,9(19,20)7(10,15)16)31(27,28)23-30(25,26)3-12/h23H,1,3H2,2H3. The lowest BCUT2D eigenvalue weighted by Crippen LogP contribution is -2.87. The molecule has 0 atom stereocenters. The molecule has 1 fully saturated rings. The Morgan fingerprint density at radius 1 is 0.839 bits per heavy atom. The van der Waals surface area contributed by atoms with Crippen LogP contribution >= 0.6 is 0 Å². The Morgan fingerprint density at radius 2 is 1.19 bits per heavy atom. The molecule has 0 bridgehead atoms. The van der Waals surface area contributed by atoms with E-state index in [0.29, 0.717) is 6.92 Å². The van der Waals surface area contributed by atoms with Gasteiger partial charge in [0.2, 0.25) is 6.01 Å². The maximum atomic E-state index is 14.6. The minimum Gasteiger partial charge on any atom is -0.413 e. The number of nitrogens with one attached hydrogen (secondary N) is 1. The monoisotopic (exact) mass is 523 g/mol. The number of alkyl halides is 11. The summed E-state index contributed by atoms with van der Waals surface area (Å²) < 4.78 is 201. The third-order valence-electron chi connectivity index (χ3n) is 3.74. The van der Waals surface area contributed by atoms with Crippen LogP contribution in [0.5, 0.6) is 0 Å². The van der Waals surface area contributed by atoms with Crippen LogP contribution in [0.1, 0.15) is 6.92 Å². The number of hydrogen-bond donors (Lipinski definition) is 1. The van der Waals surface area contributed by atoms with E-state index in [0.717, 1.165) is 0 Å². The molecular formula is C11H8F11NO6S2. The number of sulfonamides is 2. The van der Waals surface area contributed by atoms with Crippen molar-refractivity contribution in [1.82, 2.24) is 4.13 Å². The molecule has 0 saturated heterocycles. The quantitative estimate of drug-likeness (QED) is 0.325. The van der Waals surface area contributed by atoms with Crippen molar-refractivity contribution >= 4 is 26.0 Å². The molecule has 1 aliphatic carbocycles. The van der Waals surface area contributed by atoms with Crippen LogP contribution in [0.2, 0.25) is 0 Å². The maximum Gasteiger partial charge on any atom is 0.390 e. The minimum absolute atomic E-state index is 0.427. The molecule has 31 heavy (non-hydrogen) atoms. The molecule has 20 heteroatoms. The lowest BCUT2D eigenvalue weighted by Gasteiger charge is -2.53. The smallest absolute Gasteiger partial charge is 0.390 e. The predicted octanol–water partition coefficient (Wildman–Crippen LogP) is 2.17. The van der Waals surface area contributed by atoms with Gasteiger partial charge in [0.1, 0.15) is 0 Å². The SMILES string of the molecule is C=C(C)C(=O)OC1(F)C(F)(F)C(F)(F)C(F)(S(=O)(=O)NS(=O)(=O)CF)C(F)(F)C1(F)F. The highest BCUT2D eigenvalue weighted by atomic mass is 32.3. The van der Waals surface area contributed by atoms with E-state index >= 15 is 0 Å². The fourth-order valence-electron chi connectivity index (χ4n) is 2.13. The van der Waals surface area contributed by atoms with Gasteiger partial charge in [-0.3, -0.25) is 0 Å². The first kappa shape index (κ1) is 27.3. The molecule has 182 valence electrons. The summed E-state index contributed by atoms with van der Waals surface area (Å²) in [6.07, 6.45) is 0. The topological polar surface area (TPSA) is 107 Å². The molecule has 7 nitrogen and oxygen atoms in total. The summed E-state index contributed by atoms with van der Waals surface area (Å²) in [5, 5.41) is -7.63. The zero-order chi connectivity index (χ0) is 25.3. The molecule has 0 aliphatic heterocycles. The van der Waals surface area contributed by atoms with E-state index in [1.165, 1.54) is 0 Å². The first-order valence-electron chi connectivity index (χ1n) is 6.94. The Morgan fingerprint density at radius 3 is 1.48 bits per heavy atom. The second-order valence-corrected chi connectivity index (χ2v) is 9.65. The molecule has 0 heterocycles. The van der Waals surface area contributed by atoms with Gasteiger partial charge >= 0.3 is 40.5 Å². The number of hydrogen-bond acceptors (Lipinski definition) is 6. The second-order valence-electron chi connectivity index (χ2n) is 5.97. The number of halogens is 11. The molecule has 0 spiro atoms. The van der Waals surface area contributed by atoms with Crippen molar-refractivity contribution in [2.45, 2.75) is 41.5 Å². The van der Waals surface area contributed by atoms with Crippen LogP contribution in [0, 0.1) is 0 Å². The van der Waals surface area contributed by atoms with Gasteiger partial charge in [-0.25, -0.2) is 30.4 Å². The van der Waals surface area contributed by atoms with Crippen LogP contribution in [-0.2, 0) is 29.6 Å². The van der Waals surface area contributed by atoms with Gasteiger partial charge in [0.25, 0.3) is 20.0 Å². The summed E-state index contributed by atoms with van der Waals surface area (Å²) in [6.45, 7) is 2.98. The van der Waals surface area contributed by atoms with Crippen LogP contribution in [0.15, 0.2) is 12.2 Å². The number of rotatable bonds is 6. The molecule has 0 unspecified atom stereocenters. The number of carbonyl (C=O) groups is 1. The molecule has 1 rings (SSSR count). The molecule has 0 amide bonds. The van der Waals surface area contributed by atoms with Gasteiger partial charge in [0.15, 0.2) is 0 Å². The normalized spacial score (nSPS) is 31.6. The third kappa shape index (κ3) is 3.11. The summed E-state index contributed by atoms with van der Waals surface area (Å²) in [5.41, 5.74) is -1.28. The van der Waals surface area contributed by atoms with E-state index < -0.39 is 76.3 Å². The van der Waals surface area contributed by atoms with E-state index in [2.05, 4.69) is 11.3 Å². The van der Waals surface area contributed by atoms with Gasteiger partial charge in [0, 0.05) is 5.57 Å². The second kappa shape index (κ2) is 6.90. The highest BCUT2D eigenvalue weighted by Crippen LogP contribution is 2.70. The molecule has 1 N–H and O–H groups in total. The van der Waals surface area contributed by atoms with E-state index in [1.807, 2.05) is 0 Å². The predicted molar refractivity (Wildman–Crippen MR) is 75.3 cm³/mol. The van der Waals surface area contributed by atoms with Crippen LogP contribution < -0.4 is 4.13 Å². The highest BCUT2D eigenvalue weighted by molar-refractivity contribution is 8.05. The Balaban J connectivity index is 4.05. The van der Waals surface area contributed by atoms with E-state index in [-0.39, 0.29) is 0 Å². The summed E-state index contributed by atoms with van der Waals surface area (Å²) >= 11 is 0. The van der Waals surface area contributed by atoms with Crippen LogP contribution in [-0.4, -0.2) is 63.4 Å². The maximum absolute atomic E-state index is 14.6. The Hall–Kier alpha value is -1.70. The Labute approximate surface area is 165 Å². The zero-order valence-corrected chi connectivity index (χ0v) is 16.0. The van der Waals surface area contributed by atoms with Crippen LogP contribution in [0.25, 0.3) is 0 Å². The molecule has 0 radical (unpaired) electrons. The largest absolute Gasteiger partial charge is 0.413 e. The summed E-state index contributed by atoms with van der Waals surface area (Å²) in [5.74, 6) is -40.5. The van der Waals surface area contributed by atoms with E-state index in [4.69, 9.17) is 0 Å². The van der Waals surface area contributed by atoms with Gasteiger partial charge in [-0.2, -0.15) is 39.5 Å². The van der Waals surface area contributed by atoms with E-state index in [9.17, 15) is 69.9 Å². The van der Waals surface area contributed by atoms with Crippen molar-refractivity contribution in [1.29, 1.82) is 0 Å². The van der Waals surface area contributed by atoms with Crippen molar-refractivity contribution in [2.75, 3.05) is 6.01 Å². The first-order valence-corrected chi connectivity index (χ1v) is 10.1. The molecule has 1 aliphatic rings. The van der Waals surface area contributed by atoms with Crippen molar-refractivity contribution in [3.05, 3.63) is 12.2 Å². The third-order valence-corrected chi connectivity index (χ3v) is 7.17. The van der Waals surface area contributed by atoms with Gasteiger partial charge in [0.05, 0.1) is 0 Å². The van der Waals surface area contributed by atoms with E-state index in [1.54, 1.807) is 0 Å². The lowest BCUT2D eigenvalue weighted by atomic mass is 9.79. The van der Waals surface area contributed by atoms with Gasteiger partial charge in [-0.05, 0) is 6.92 Å². The summed E-state index contributed by atoms with van der Waals surface area (Å²) in [7, 11) is -14.1. The fourth-order valence-corrected chi connectivity index (χ4v) is 5.04. The van der Waals surface area contributed by atoms with Gasteiger partial charge < -0.3 is 4.74 Å². The molecular weight excluding hydrogens is 515 g/mol. The van der Waals surface area contributed by atoms with Gasteiger partial charge in [-0.1, -0.05) is 6.58 Å². The molecule has 0 aromatic heterocycles. The number of carbonyl (C=O) groups excluding carboxylic acids is 1. The Bertz CT molecular complexity index is 979. The number of esters is 1. The zero-order valence-electron chi connectivity index (χ0n) is 14.3. The highest BCUT2D eigenvalue weighted by Gasteiger charge is 3.05. The summed E-state index contributed by atoms with van der Waals surface area (Å²) in [6, 6.07) is -2.96. The first-order chi connectivity index (χ1) is 13.3. The van der Waals surface area contributed by atoms with Crippen LogP contribution in [0.3, 0.4) is 0 Å². The summed E-state index contributed by atoms with van der Waals surface area (Å²) in [4.78, 5) is 11.1. The average molecular weight is 523 g/mol. The fraction of sp³-hybridized carbons (Fsp3) is 0.727. The van der Waals surface area contributed by atoms with Crippen molar-refractivity contribution in [2.24, 2.45) is 0 Å². The van der Waals surface area contributed by atoms with Crippen molar-refractivity contribution < 1.29 is 74.7 Å². The number of ether oxygens (including phenoxy) is 1. The Kier molecular flexibility index (Phi) is 6.08. The molecule has 1 saturated carbocycles. The van der Waals surface area contributed by atoms with Gasteiger partial charge in [-0.15, -0.1) is 4.13 Å². The molecule has 0 aromatic rings.